The molecule has 0 unspecified atom stereocenters. The summed E-state index contributed by atoms with van der Waals surface area (Å²) in [6, 6.07) is 6.70. The lowest BCUT2D eigenvalue weighted by atomic mass is 9.94. The molecule has 1 aliphatic heterocycles. The van der Waals surface area contributed by atoms with Crippen molar-refractivity contribution in [3.63, 3.8) is 0 Å². The topological polar surface area (TPSA) is 87.2 Å². The van der Waals surface area contributed by atoms with Gasteiger partial charge in [-0.2, -0.15) is 0 Å². The number of hydrogen-bond donors (Lipinski definition) is 3. The van der Waals surface area contributed by atoms with Gasteiger partial charge in [-0.1, -0.05) is 12.1 Å². The molecule has 2 heterocycles. The quantitative estimate of drug-likeness (QED) is 0.779. The van der Waals surface area contributed by atoms with E-state index >= 15 is 0 Å². The fraction of sp³-hybridized carbons (Fsp3) is 0.286. The van der Waals surface area contributed by atoms with Crippen LogP contribution in [-0.2, 0) is 11.2 Å². The van der Waals surface area contributed by atoms with Crippen molar-refractivity contribution in [2.75, 3.05) is 7.11 Å². The largest absolute Gasteiger partial charge is 0.497 e. The lowest BCUT2D eigenvalue weighted by Gasteiger charge is -2.28. The Morgan fingerprint density at radius 2 is 2.15 bits per heavy atom. The van der Waals surface area contributed by atoms with Crippen molar-refractivity contribution < 1.29 is 14.6 Å². The standard InChI is InChI=1S/C14H15N3O3/c1-20-9-4-2-8(3-5-9)12-13-10(15-7-16-13)6-11(17-12)14(18)19/h2-5,7,11-12,17H,6H2,1H3,(H,15,16)(H,18,19)/t11-,12-/m1/s1. The number of carboxylic acids is 1. The monoisotopic (exact) mass is 273 g/mol. The molecule has 0 spiro atoms. The Hall–Kier alpha value is -2.34. The number of fused-ring (bicyclic) bond motifs is 1. The van der Waals surface area contributed by atoms with Crippen molar-refractivity contribution in [2.24, 2.45) is 0 Å². The van der Waals surface area contributed by atoms with E-state index in [1.165, 1.54) is 0 Å². The highest BCUT2D eigenvalue weighted by Crippen LogP contribution is 2.29. The van der Waals surface area contributed by atoms with Gasteiger partial charge in [0.25, 0.3) is 0 Å². The van der Waals surface area contributed by atoms with E-state index in [4.69, 9.17) is 4.74 Å². The number of carbonyl (C=O) groups is 1. The number of aromatic amines is 1. The van der Waals surface area contributed by atoms with Crippen molar-refractivity contribution in [1.82, 2.24) is 15.3 Å². The minimum atomic E-state index is -0.858. The van der Waals surface area contributed by atoms with Crippen molar-refractivity contribution in [2.45, 2.75) is 18.5 Å². The first-order valence-electron chi connectivity index (χ1n) is 6.34. The summed E-state index contributed by atoms with van der Waals surface area (Å²) >= 11 is 0. The van der Waals surface area contributed by atoms with Crippen LogP contribution in [0.3, 0.4) is 0 Å². The lowest BCUT2D eigenvalue weighted by Crippen LogP contribution is -2.45. The van der Waals surface area contributed by atoms with Gasteiger partial charge in [0.05, 0.1) is 25.2 Å². The second-order valence-electron chi connectivity index (χ2n) is 4.73. The van der Waals surface area contributed by atoms with Crippen LogP contribution < -0.4 is 10.1 Å². The molecule has 0 bridgehead atoms. The normalized spacial score (nSPS) is 21.2. The zero-order valence-electron chi connectivity index (χ0n) is 11.0. The predicted molar refractivity (Wildman–Crippen MR) is 71.7 cm³/mol. The highest BCUT2D eigenvalue weighted by Gasteiger charge is 2.32. The number of aromatic nitrogens is 2. The van der Waals surface area contributed by atoms with E-state index < -0.39 is 12.0 Å². The third-order valence-corrected chi connectivity index (χ3v) is 3.55. The van der Waals surface area contributed by atoms with E-state index in [2.05, 4.69) is 15.3 Å². The molecule has 0 saturated heterocycles. The molecular weight excluding hydrogens is 258 g/mol. The number of hydrogen-bond acceptors (Lipinski definition) is 4. The number of carboxylic acid groups (broad SMARTS) is 1. The van der Waals surface area contributed by atoms with Gasteiger partial charge in [-0.25, -0.2) is 4.98 Å². The molecular formula is C14H15N3O3. The summed E-state index contributed by atoms with van der Waals surface area (Å²) in [7, 11) is 1.61. The fourth-order valence-corrected chi connectivity index (χ4v) is 2.50. The molecule has 6 heteroatoms. The molecule has 0 radical (unpaired) electrons. The Bertz CT molecular complexity index is 621. The number of H-pyrrole nitrogens is 1. The average molecular weight is 273 g/mol. The summed E-state index contributed by atoms with van der Waals surface area (Å²) in [5.41, 5.74) is 2.69. The second-order valence-corrected chi connectivity index (χ2v) is 4.73. The van der Waals surface area contributed by atoms with E-state index in [0.717, 1.165) is 22.7 Å². The molecule has 20 heavy (non-hydrogen) atoms. The summed E-state index contributed by atoms with van der Waals surface area (Å²) in [4.78, 5) is 18.6. The summed E-state index contributed by atoms with van der Waals surface area (Å²) in [5, 5.41) is 12.4. The number of imidazole rings is 1. The van der Waals surface area contributed by atoms with Crippen LogP contribution >= 0.6 is 0 Å². The highest BCUT2D eigenvalue weighted by molar-refractivity contribution is 5.74. The van der Waals surface area contributed by atoms with Crippen molar-refractivity contribution in [3.8, 4) is 5.75 Å². The Morgan fingerprint density at radius 1 is 1.40 bits per heavy atom. The van der Waals surface area contributed by atoms with E-state index in [1.54, 1.807) is 13.4 Å². The van der Waals surface area contributed by atoms with Gasteiger partial charge in [0.15, 0.2) is 0 Å². The van der Waals surface area contributed by atoms with Crippen LogP contribution in [0.25, 0.3) is 0 Å². The minimum absolute atomic E-state index is 0.225. The number of aliphatic carboxylic acids is 1. The van der Waals surface area contributed by atoms with Crippen molar-refractivity contribution in [3.05, 3.63) is 47.5 Å². The number of benzene rings is 1. The third-order valence-electron chi connectivity index (χ3n) is 3.55. The Balaban J connectivity index is 1.97. The van der Waals surface area contributed by atoms with Gasteiger partial charge in [-0.05, 0) is 17.7 Å². The predicted octanol–water partition coefficient (Wildman–Crippen LogP) is 1.11. The molecule has 3 N–H and O–H groups in total. The Labute approximate surface area is 115 Å². The highest BCUT2D eigenvalue weighted by atomic mass is 16.5. The molecule has 0 amide bonds. The lowest BCUT2D eigenvalue weighted by molar-refractivity contribution is -0.139. The first-order chi connectivity index (χ1) is 9.69. The Morgan fingerprint density at radius 3 is 2.80 bits per heavy atom. The maximum absolute atomic E-state index is 11.2. The molecule has 0 aliphatic carbocycles. The second kappa shape index (κ2) is 4.97. The van der Waals surface area contributed by atoms with Gasteiger partial charge >= 0.3 is 5.97 Å². The summed E-state index contributed by atoms with van der Waals surface area (Å²) < 4.78 is 5.13. The van der Waals surface area contributed by atoms with Crippen LogP contribution in [0.2, 0.25) is 0 Å². The minimum Gasteiger partial charge on any atom is -0.497 e. The molecule has 104 valence electrons. The van der Waals surface area contributed by atoms with E-state index in [-0.39, 0.29) is 6.04 Å². The van der Waals surface area contributed by atoms with Crippen LogP contribution in [0.15, 0.2) is 30.6 Å². The third kappa shape index (κ3) is 2.14. The molecule has 2 atom stereocenters. The van der Waals surface area contributed by atoms with Gasteiger partial charge in [0.2, 0.25) is 0 Å². The van der Waals surface area contributed by atoms with E-state index in [9.17, 15) is 9.90 Å². The van der Waals surface area contributed by atoms with Crippen molar-refractivity contribution in [1.29, 1.82) is 0 Å². The molecule has 0 fully saturated rings. The maximum Gasteiger partial charge on any atom is 0.321 e. The van der Waals surface area contributed by atoms with E-state index in [1.807, 2.05) is 24.3 Å². The molecule has 6 nitrogen and oxygen atoms in total. The number of methoxy groups -OCH3 is 1. The molecule has 1 aromatic carbocycles. The van der Waals surface area contributed by atoms with Crippen LogP contribution in [0.5, 0.6) is 5.75 Å². The van der Waals surface area contributed by atoms with Crippen LogP contribution in [0, 0.1) is 0 Å². The molecule has 1 aliphatic rings. The SMILES string of the molecule is COc1ccc([C@H]2N[C@@H](C(=O)O)Cc3[nH]cnc32)cc1. The van der Waals surface area contributed by atoms with Crippen LogP contribution in [0.4, 0.5) is 0 Å². The van der Waals surface area contributed by atoms with Crippen molar-refractivity contribution >= 4 is 5.97 Å². The Kier molecular flexibility index (Phi) is 3.15. The number of ether oxygens (including phenoxy) is 1. The van der Waals surface area contributed by atoms with Gasteiger partial charge < -0.3 is 14.8 Å². The van der Waals surface area contributed by atoms with Crippen LogP contribution in [0.1, 0.15) is 23.0 Å². The molecule has 2 aromatic rings. The van der Waals surface area contributed by atoms with Gasteiger partial charge in [-0.3, -0.25) is 10.1 Å². The number of nitrogens with one attached hydrogen (secondary N) is 2. The van der Waals surface area contributed by atoms with Gasteiger partial charge in [0.1, 0.15) is 11.8 Å². The first kappa shape index (κ1) is 12.7. The summed E-state index contributed by atoms with van der Waals surface area (Å²) in [5.74, 6) is -0.0923. The molecule has 3 rings (SSSR count). The average Bonchev–Trinajstić information content (AvgIpc) is 2.94. The zero-order valence-corrected chi connectivity index (χ0v) is 11.0. The molecule has 1 aromatic heterocycles. The maximum atomic E-state index is 11.2. The number of nitrogens with zero attached hydrogens (tertiary/aromatic N) is 1. The summed E-state index contributed by atoms with van der Waals surface area (Å²) in [6.07, 6.45) is 2.02. The van der Waals surface area contributed by atoms with Crippen LogP contribution in [-0.4, -0.2) is 34.2 Å². The zero-order chi connectivity index (χ0) is 14.1. The first-order valence-corrected chi connectivity index (χ1v) is 6.34. The van der Waals surface area contributed by atoms with E-state index in [0.29, 0.717) is 6.42 Å². The smallest absolute Gasteiger partial charge is 0.321 e. The van der Waals surface area contributed by atoms with Gasteiger partial charge in [0, 0.05) is 12.1 Å². The van der Waals surface area contributed by atoms with Gasteiger partial charge in [-0.15, -0.1) is 0 Å². The fourth-order valence-electron chi connectivity index (χ4n) is 2.50. The molecule has 0 saturated carbocycles. The summed E-state index contributed by atoms with van der Waals surface area (Å²) in [6.45, 7) is 0. The number of rotatable bonds is 3.